The second-order valence-corrected chi connectivity index (χ2v) is 4.34. The molecule has 1 aromatic heterocycles. The standard InChI is InChI=1S/C13H16N4O3/c1-3-7-17-12(14-15-16-17)8-20-11-6-4-5-10(9(11)2)13(18)19/h4-6H,3,7-8H2,1-2H3,(H,18,19). The van der Waals surface area contributed by atoms with E-state index in [1.165, 1.54) is 0 Å². The van der Waals surface area contributed by atoms with Crippen molar-refractivity contribution in [1.82, 2.24) is 20.2 Å². The number of benzene rings is 1. The Balaban J connectivity index is 2.13. The van der Waals surface area contributed by atoms with Gasteiger partial charge in [-0.15, -0.1) is 5.10 Å². The molecule has 1 N–H and O–H groups in total. The zero-order chi connectivity index (χ0) is 14.5. The fourth-order valence-electron chi connectivity index (χ4n) is 1.86. The molecule has 0 unspecified atom stereocenters. The molecule has 0 aliphatic carbocycles. The molecule has 7 nitrogen and oxygen atoms in total. The number of tetrazole rings is 1. The van der Waals surface area contributed by atoms with Crippen molar-refractivity contribution in [2.24, 2.45) is 0 Å². The Morgan fingerprint density at radius 1 is 1.45 bits per heavy atom. The van der Waals surface area contributed by atoms with Crippen LogP contribution in [0.4, 0.5) is 0 Å². The number of hydrogen-bond donors (Lipinski definition) is 1. The second kappa shape index (κ2) is 6.14. The Labute approximate surface area is 116 Å². The molecule has 0 fully saturated rings. The molecule has 7 heteroatoms. The molecule has 1 heterocycles. The van der Waals surface area contributed by atoms with Gasteiger partial charge < -0.3 is 9.84 Å². The number of carboxylic acid groups (broad SMARTS) is 1. The van der Waals surface area contributed by atoms with Gasteiger partial charge in [-0.1, -0.05) is 13.0 Å². The molecule has 2 rings (SSSR count). The summed E-state index contributed by atoms with van der Waals surface area (Å²) in [6.45, 7) is 4.68. The Morgan fingerprint density at radius 2 is 2.25 bits per heavy atom. The van der Waals surface area contributed by atoms with Crippen LogP contribution < -0.4 is 4.74 Å². The molecule has 20 heavy (non-hydrogen) atoms. The van der Waals surface area contributed by atoms with Crippen molar-refractivity contribution in [3.63, 3.8) is 0 Å². The lowest BCUT2D eigenvalue weighted by Gasteiger charge is -2.10. The molecule has 0 saturated heterocycles. The summed E-state index contributed by atoms with van der Waals surface area (Å²) in [5.41, 5.74) is 0.824. The highest BCUT2D eigenvalue weighted by Gasteiger charge is 2.12. The first kappa shape index (κ1) is 14.0. The van der Waals surface area contributed by atoms with E-state index in [2.05, 4.69) is 15.5 Å². The van der Waals surface area contributed by atoms with Gasteiger partial charge in [0.05, 0.1) is 5.56 Å². The lowest BCUT2D eigenvalue weighted by molar-refractivity contribution is 0.0695. The first-order valence-corrected chi connectivity index (χ1v) is 6.34. The van der Waals surface area contributed by atoms with Crippen molar-refractivity contribution in [3.05, 3.63) is 35.2 Å². The van der Waals surface area contributed by atoms with Gasteiger partial charge in [-0.05, 0) is 35.9 Å². The molecule has 0 spiro atoms. The third-order valence-corrected chi connectivity index (χ3v) is 2.91. The van der Waals surface area contributed by atoms with Gasteiger partial charge in [0, 0.05) is 12.1 Å². The zero-order valence-electron chi connectivity index (χ0n) is 11.4. The predicted octanol–water partition coefficient (Wildman–Crippen LogP) is 1.67. The maximum absolute atomic E-state index is 11.1. The number of hydrogen-bond acceptors (Lipinski definition) is 5. The number of ether oxygens (including phenoxy) is 1. The summed E-state index contributed by atoms with van der Waals surface area (Å²) in [6, 6.07) is 4.93. The van der Waals surface area contributed by atoms with E-state index in [-0.39, 0.29) is 12.2 Å². The Kier molecular flexibility index (Phi) is 4.29. The van der Waals surface area contributed by atoms with Gasteiger partial charge in [0.15, 0.2) is 5.82 Å². The minimum absolute atomic E-state index is 0.205. The van der Waals surface area contributed by atoms with Crippen LogP contribution in [0.3, 0.4) is 0 Å². The van der Waals surface area contributed by atoms with Crippen LogP contribution >= 0.6 is 0 Å². The van der Waals surface area contributed by atoms with Crippen LogP contribution in [-0.4, -0.2) is 31.3 Å². The fraction of sp³-hybridized carbons (Fsp3) is 0.385. The number of carbonyl (C=O) groups is 1. The van der Waals surface area contributed by atoms with Crippen LogP contribution in [0.25, 0.3) is 0 Å². The van der Waals surface area contributed by atoms with Crippen LogP contribution in [0.5, 0.6) is 5.75 Å². The normalized spacial score (nSPS) is 10.5. The van der Waals surface area contributed by atoms with Crippen LogP contribution in [-0.2, 0) is 13.2 Å². The van der Waals surface area contributed by atoms with E-state index in [9.17, 15) is 4.79 Å². The number of rotatable bonds is 6. The quantitative estimate of drug-likeness (QED) is 0.863. The van der Waals surface area contributed by atoms with Gasteiger partial charge in [-0.25, -0.2) is 9.48 Å². The van der Waals surface area contributed by atoms with Crippen LogP contribution in [0.15, 0.2) is 18.2 Å². The second-order valence-electron chi connectivity index (χ2n) is 4.34. The van der Waals surface area contributed by atoms with E-state index in [4.69, 9.17) is 9.84 Å². The average molecular weight is 276 g/mol. The molecule has 0 aliphatic heterocycles. The van der Waals surface area contributed by atoms with Crippen molar-refractivity contribution < 1.29 is 14.6 Å². The molecule has 1 aromatic carbocycles. The molecule has 0 atom stereocenters. The molecular formula is C13H16N4O3. The minimum atomic E-state index is -0.969. The Bertz CT molecular complexity index is 609. The Morgan fingerprint density at radius 3 is 2.95 bits per heavy atom. The van der Waals surface area contributed by atoms with Crippen molar-refractivity contribution >= 4 is 5.97 Å². The molecule has 0 radical (unpaired) electrons. The summed E-state index contributed by atoms with van der Waals surface area (Å²) >= 11 is 0. The minimum Gasteiger partial charge on any atom is -0.485 e. The van der Waals surface area contributed by atoms with Crippen LogP contribution in [0, 0.1) is 6.92 Å². The lowest BCUT2D eigenvalue weighted by Crippen LogP contribution is -2.09. The zero-order valence-corrected chi connectivity index (χ0v) is 11.4. The monoisotopic (exact) mass is 276 g/mol. The average Bonchev–Trinajstić information content (AvgIpc) is 2.85. The van der Waals surface area contributed by atoms with Gasteiger partial charge in [-0.2, -0.15) is 0 Å². The molecular weight excluding hydrogens is 260 g/mol. The number of carboxylic acids is 1. The smallest absolute Gasteiger partial charge is 0.336 e. The molecule has 0 amide bonds. The van der Waals surface area contributed by atoms with E-state index in [0.29, 0.717) is 17.1 Å². The van der Waals surface area contributed by atoms with E-state index < -0.39 is 5.97 Å². The van der Waals surface area contributed by atoms with E-state index in [0.717, 1.165) is 13.0 Å². The summed E-state index contributed by atoms with van der Waals surface area (Å²) < 4.78 is 7.31. The molecule has 106 valence electrons. The summed E-state index contributed by atoms with van der Waals surface area (Å²) in [5, 5.41) is 20.4. The first-order valence-electron chi connectivity index (χ1n) is 6.34. The summed E-state index contributed by atoms with van der Waals surface area (Å²) in [7, 11) is 0. The van der Waals surface area contributed by atoms with E-state index >= 15 is 0 Å². The molecule has 0 bridgehead atoms. The van der Waals surface area contributed by atoms with Gasteiger partial charge >= 0.3 is 5.97 Å². The number of aryl methyl sites for hydroxylation is 1. The first-order chi connectivity index (χ1) is 9.63. The van der Waals surface area contributed by atoms with Crippen molar-refractivity contribution in [1.29, 1.82) is 0 Å². The van der Waals surface area contributed by atoms with Crippen LogP contribution in [0.2, 0.25) is 0 Å². The highest BCUT2D eigenvalue weighted by Crippen LogP contribution is 2.22. The van der Waals surface area contributed by atoms with Gasteiger partial charge in [0.1, 0.15) is 12.4 Å². The van der Waals surface area contributed by atoms with Gasteiger partial charge in [0.2, 0.25) is 0 Å². The van der Waals surface area contributed by atoms with Gasteiger partial charge in [-0.3, -0.25) is 0 Å². The summed E-state index contributed by atoms with van der Waals surface area (Å²) in [5.74, 6) is 0.173. The highest BCUT2D eigenvalue weighted by atomic mass is 16.5. The number of nitrogens with zero attached hydrogens (tertiary/aromatic N) is 4. The van der Waals surface area contributed by atoms with Crippen LogP contribution in [0.1, 0.15) is 35.1 Å². The van der Waals surface area contributed by atoms with Crippen molar-refractivity contribution in [2.45, 2.75) is 33.4 Å². The largest absolute Gasteiger partial charge is 0.485 e. The third kappa shape index (κ3) is 2.93. The summed E-state index contributed by atoms with van der Waals surface area (Å²) in [4.78, 5) is 11.1. The third-order valence-electron chi connectivity index (χ3n) is 2.91. The maximum atomic E-state index is 11.1. The van der Waals surface area contributed by atoms with Crippen molar-refractivity contribution in [3.8, 4) is 5.75 Å². The summed E-state index contributed by atoms with van der Waals surface area (Å²) in [6.07, 6.45) is 0.922. The number of aromatic nitrogens is 4. The Hall–Kier alpha value is -2.44. The van der Waals surface area contributed by atoms with Crippen molar-refractivity contribution in [2.75, 3.05) is 0 Å². The van der Waals surface area contributed by atoms with E-state index in [1.54, 1.807) is 29.8 Å². The molecule has 0 aliphatic rings. The maximum Gasteiger partial charge on any atom is 0.336 e. The number of aromatic carboxylic acids is 1. The molecule has 2 aromatic rings. The fourth-order valence-corrected chi connectivity index (χ4v) is 1.86. The molecule has 0 saturated carbocycles. The highest BCUT2D eigenvalue weighted by molar-refractivity contribution is 5.90. The van der Waals surface area contributed by atoms with E-state index in [1.807, 2.05) is 6.92 Å². The topological polar surface area (TPSA) is 90.1 Å². The SMILES string of the molecule is CCCn1nnnc1COc1cccc(C(=O)O)c1C. The lowest BCUT2D eigenvalue weighted by atomic mass is 10.1. The predicted molar refractivity (Wildman–Crippen MR) is 70.6 cm³/mol. The van der Waals surface area contributed by atoms with Gasteiger partial charge in [0.25, 0.3) is 0 Å².